The smallest absolute Gasteiger partial charge is 0.410 e. The van der Waals surface area contributed by atoms with Gasteiger partial charge in [-0.2, -0.15) is 5.10 Å². The lowest BCUT2D eigenvalue weighted by Gasteiger charge is -2.26. The first-order valence-corrected chi connectivity index (χ1v) is 7.24. The maximum atomic E-state index is 12.1. The van der Waals surface area contributed by atoms with Crippen LogP contribution in [0.3, 0.4) is 0 Å². The number of amides is 1. The topological polar surface area (TPSA) is 108 Å². The molecule has 0 saturated carbocycles. The molecule has 24 heavy (non-hydrogen) atoms. The van der Waals surface area contributed by atoms with Crippen LogP contribution in [0.5, 0.6) is 0 Å². The zero-order valence-electron chi connectivity index (χ0n) is 12.6. The Bertz CT molecular complexity index is 784. The van der Waals surface area contributed by atoms with E-state index in [0.29, 0.717) is 37.2 Å². The molecule has 1 aromatic carbocycles. The van der Waals surface area contributed by atoms with Crippen molar-refractivity contribution in [2.45, 2.75) is 19.7 Å². The molecular weight excluding hydrogens is 316 g/mol. The van der Waals surface area contributed by atoms with Gasteiger partial charge in [0, 0.05) is 18.7 Å². The Labute approximate surface area is 136 Å². The number of non-ortho nitro benzene ring substituents is 1. The van der Waals surface area contributed by atoms with Gasteiger partial charge in [-0.3, -0.25) is 19.6 Å². The van der Waals surface area contributed by atoms with Crippen LogP contribution in [0.4, 0.5) is 10.5 Å². The summed E-state index contributed by atoms with van der Waals surface area (Å²) in [7, 11) is 0. The van der Waals surface area contributed by atoms with Crippen molar-refractivity contribution in [1.29, 1.82) is 0 Å². The van der Waals surface area contributed by atoms with Crippen molar-refractivity contribution >= 4 is 18.1 Å². The molecule has 0 N–H and O–H groups in total. The van der Waals surface area contributed by atoms with Gasteiger partial charge in [-0.1, -0.05) is 0 Å². The summed E-state index contributed by atoms with van der Waals surface area (Å²) < 4.78 is 6.93. The number of nitrogens with zero attached hydrogens (tertiary/aromatic N) is 4. The Morgan fingerprint density at radius 2 is 2.08 bits per heavy atom. The van der Waals surface area contributed by atoms with E-state index in [1.165, 1.54) is 17.0 Å². The van der Waals surface area contributed by atoms with Crippen molar-refractivity contribution in [2.75, 3.05) is 6.54 Å². The number of fused-ring (bicyclic) bond motifs is 1. The molecule has 0 saturated heterocycles. The second-order valence-electron chi connectivity index (χ2n) is 5.30. The van der Waals surface area contributed by atoms with Gasteiger partial charge in [-0.25, -0.2) is 4.79 Å². The molecule has 0 unspecified atom stereocenters. The van der Waals surface area contributed by atoms with Crippen molar-refractivity contribution in [3.63, 3.8) is 0 Å². The molecule has 0 aliphatic carbocycles. The van der Waals surface area contributed by atoms with Crippen LogP contribution >= 0.6 is 0 Å². The molecule has 1 aromatic heterocycles. The summed E-state index contributed by atoms with van der Waals surface area (Å²) in [5.41, 5.74) is 1.77. The number of aldehydes is 1. The lowest BCUT2D eigenvalue weighted by atomic mass is 10.2. The Hall–Kier alpha value is -3.23. The maximum absolute atomic E-state index is 12.1. The number of benzene rings is 1. The normalized spacial score (nSPS) is 13.2. The second-order valence-corrected chi connectivity index (χ2v) is 5.30. The molecule has 0 fully saturated rings. The fourth-order valence-corrected chi connectivity index (χ4v) is 2.45. The first-order chi connectivity index (χ1) is 11.6. The average molecular weight is 330 g/mol. The highest BCUT2D eigenvalue weighted by Crippen LogP contribution is 2.16. The largest absolute Gasteiger partial charge is 0.445 e. The highest BCUT2D eigenvalue weighted by Gasteiger charge is 2.23. The van der Waals surface area contributed by atoms with E-state index in [-0.39, 0.29) is 12.3 Å². The van der Waals surface area contributed by atoms with Gasteiger partial charge in [0.15, 0.2) is 6.29 Å². The monoisotopic (exact) mass is 330 g/mol. The van der Waals surface area contributed by atoms with Crippen LogP contribution in [0.1, 0.15) is 21.7 Å². The summed E-state index contributed by atoms with van der Waals surface area (Å²) >= 11 is 0. The highest BCUT2D eigenvalue weighted by atomic mass is 16.6. The lowest BCUT2D eigenvalue weighted by Crippen LogP contribution is -2.38. The van der Waals surface area contributed by atoms with Gasteiger partial charge < -0.3 is 9.64 Å². The summed E-state index contributed by atoms with van der Waals surface area (Å²) in [4.78, 5) is 34.5. The molecule has 0 spiro atoms. The molecule has 1 aliphatic rings. The van der Waals surface area contributed by atoms with Crippen LogP contribution in [0, 0.1) is 10.1 Å². The van der Waals surface area contributed by atoms with E-state index in [0.717, 1.165) is 5.69 Å². The number of nitro benzene ring substituents is 1. The van der Waals surface area contributed by atoms with Gasteiger partial charge in [-0.05, 0) is 23.8 Å². The lowest BCUT2D eigenvalue weighted by molar-refractivity contribution is -0.384. The van der Waals surface area contributed by atoms with Gasteiger partial charge in [0.2, 0.25) is 0 Å². The number of hydrogen-bond donors (Lipinski definition) is 0. The number of aromatic nitrogens is 2. The third-order valence-electron chi connectivity index (χ3n) is 3.71. The van der Waals surface area contributed by atoms with E-state index in [2.05, 4.69) is 5.10 Å². The van der Waals surface area contributed by atoms with Crippen LogP contribution in [0.15, 0.2) is 30.3 Å². The number of hydrogen-bond acceptors (Lipinski definition) is 6. The van der Waals surface area contributed by atoms with E-state index in [4.69, 9.17) is 4.74 Å². The Morgan fingerprint density at radius 3 is 2.75 bits per heavy atom. The van der Waals surface area contributed by atoms with E-state index in [1.54, 1.807) is 22.9 Å². The minimum Gasteiger partial charge on any atom is -0.445 e. The van der Waals surface area contributed by atoms with Crippen LogP contribution in [0.25, 0.3) is 0 Å². The average Bonchev–Trinajstić information content (AvgIpc) is 3.02. The number of nitro groups is 1. The fourth-order valence-electron chi connectivity index (χ4n) is 2.45. The third kappa shape index (κ3) is 3.24. The second kappa shape index (κ2) is 6.49. The summed E-state index contributed by atoms with van der Waals surface area (Å²) in [6.07, 6.45) is 0.191. The van der Waals surface area contributed by atoms with E-state index < -0.39 is 11.0 Å². The number of rotatable bonds is 4. The quantitative estimate of drug-likeness (QED) is 0.480. The van der Waals surface area contributed by atoms with Crippen LogP contribution in [-0.2, 0) is 24.4 Å². The number of ether oxygens (including phenoxy) is 1. The standard InChI is InChI=1S/C15H14N4O5/c20-9-12-7-14-8-17(5-6-18(14)16-12)15(21)24-10-11-1-3-13(4-2-11)19(22)23/h1-4,7,9H,5-6,8,10H2. The van der Waals surface area contributed by atoms with Crippen molar-refractivity contribution in [3.05, 3.63) is 57.4 Å². The molecule has 0 radical (unpaired) electrons. The van der Waals surface area contributed by atoms with Crippen molar-refractivity contribution in [2.24, 2.45) is 0 Å². The predicted octanol–water partition coefficient (Wildman–Crippen LogP) is 1.76. The molecule has 0 bridgehead atoms. The van der Waals surface area contributed by atoms with Crippen molar-refractivity contribution in [1.82, 2.24) is 14.7 Å². The van der Waals surface area contributed by atoms with Crippen LogP contribution in [0.2, 0.25) is 0 Å². The molecule has 2 heterocycles. The van der Waals surface area contributed by atoms with Crippen LogP contribution in [-0.4, -0.2) is 38.5 Å². The minimum absolute atomic E-state index is 0.0136. The zero-order chi connectivity index (χ0) is 17.1. The van der Waals surface area contributed by atoms with Gasteiger partial charge in [-0.15, -0.1) is 0 Å². The van der Waals surface area contributed by atoms with E-state index in [9.17, 15) is 19.7 Å². The molecule has 124 valence electrons. The Kier molecular flexibility index (Phi) is 4.23. The molecule has 3 rings (SSSR count). The summed E-state index contributed by atoms with van der Waals surface area (Å²) in [6, 6.07) is 7.47. The summed E-state index contributed by atoms with van der Waals surface area (Å²) in [5, 5.41) is 14.7. The molecule has 9 nitrogen and oxygen atoms in total. The minimum atomic E-state index is -0.486. The van der Waals surface area contributed by atoms with E-state index >= 15 is 0 Å². The zero-order valence-corrected chi connectivity index (χ0v) is 12.6. The third-order valence-corrected chi connectivity index (χ3v) is 3.71. The number of carbonyl (C=O) groups excluding carboxylic acids is 2. The fraction of sp³-hybridized carbons (Fsp3) is 0.267. The maximum Gasteiger partial charge on any atom is 0.410 e. The first-order valence-electron chi connectivity index (χ1n) is 7.24. The molecule has 1 aliphatic heterocycles. The van der Waals surface area contributed by atoms with Gasteiger partial charge >= 0.3 is 6.09 Å². The van der Waals surface area contributed by atoms with Crippen LogP contribution < -0.4 is 0 Å². The highest BCUT2D eigenvalue weighted by molar-refractivity contribution is 5.72. The van der Waals surface area contributed by atoms with E-state index in [1.807, 2.05) is 0 Å². The Morgan fingerprint density at radius 1 is 1.33 bits per heavy atom. The molecular formula is C15H14N4O5. The Balaban J connectivity index is 1.57. The van der Waals surface area contributed by atoms with Gasteiger partial charge in [0.1, 0.15) is 12.3 Å². The molecule has 9 heteroatoms. The molecule has 2 aromatic rings. The van der Waals surface area contributed by atoms with Gasteiger partial charge in [0.05, 0.1) is 23.7 Å². The molecule has 0 atom stereocenters. The van der Waals surface area contributed by atoms with Gasteiger partial charge in [0.25, 0.3) is 5.69 Å². The predicted molar refractivity (Wildman–Crippen MR) is 81.3 cm³/mol. The van der Waals surface area contributed by atoms with Crippen molar-refractivity contribution < 1.29 is 19.2 Å². The first kappa shape index (κ1) is 15.7. The number of carbonyl (C=O) groups is 2. The van der Waals surface area contributed by atoms with Crippen molar-refractivity contribution in [3.8, 4) is 0 Å². The SMILES string of the molecule is O=Cc1cc2n(n1)CCN(C(=O)OCc1ccc([N+](=O)[O-])cc1)C2. The summed E-state index contributed by atoms with van der Waals surface area (Å²) in [5.74, 6) is 0. The summed E-state index contributed by atoms with van der Waals surface area (Å²) in [6.45, 7) is 1.29. The molecule has 1 amide bonds.